The molecule has 0 aromatic carbocycles. The maximum Gasteiger partial charge on any atom is 0.249 e. The second-order valence-corrected chi connectivity index (χ2v) is 3.42. The Labute approximate surface area is 80.7 Å². The quantitative estimate of drug-likeness (QED) is 0.548. The van der Waals surface area contributed by atoms with Crippen LogP contribution in [0, 0.1) is 0 Å². The number of rotatable bonds is 5. The van der Waals surface area contributed by atoms with Crippen LogP contribution in [0.25, 0.3) is 0 Å². The number of nitrogens with one attached hydrogen (secondary N) is 1. The zero-order chi connectivity index (χ0) is 9.68. The summed E-state index contributed by atoms with van der Waals surface area (Å²) in [5.41, 5.74) is 8.41. The Morgan fingerprint density at radius 3 is 3.08 bits per heavy atom. The van der Waals surface area contributed by atoms with Gasteiger partial charge >= 0.3 is 0 Å². The summed E-state index contributed by atoms with van der Waals surface area (Å²) in [6, 6.07) is 1.76. The van der Waals surface area contributed by atoms with E-state index in [2.05, 4.69) is 5.48 Å². The molecule has 0 unspecified atom stereocenters. The summed E-state index contributed by atoms with van der Waals surface area (Å²) in [5.74, 6) is -0.390. The van der Waals surface area contributed by atoms with Gasteiger partial charge in [-0.15, -0.1) is 11.3 Å². The first-order valence-corrected chi connectivity index (χ1v) is 4.84. The number of hydrogen-bond acceptors (Lipinski definition) is 4. The molecule has 1 aromatic heterocycles. The normalized spacial score (nSPS) is 10.2. The lowest BCUT2D eigenvalue weighted by Crippen LogP contribution is -2.13. The third-order valence-corrected chi connectivity index (χ3v) is 2.37. The van der Waals surface area contributed by atoms with Crippen LogP contribution in [0.1, 0.15) is 22.2 Å². The fourth-order valence-corrected chi connectivity index (χ4v) is 1.63. The molecule has 0 saturated heterocycles. The van der Waals surface area contributed by atoms with Gasteiger partial charge in [-0.25, -0.2) is 0 Å². The number of amides is 1. The lowest BCUT2D eigenvalue weighted by atomic mass is 10.3. The molecule has 0 fully saturated rings. The van der Waals surface area contributed by atoms with Crippen molar-refractivity contribution < 1.29 is 9.63 Å². The minimum Gasteiger partial charge on any atom is -0.366 e. The van der Waals surface area contributed by atoms with Crippen molar-refractivity contribution in [3.8, 4) is 0 Å². The first-order chi connectivity index (χ1) is 6.24. The molecule has 0 atom stereocenters. The number of carbonyl (C=O) groups is 1. The number of nitrogens with two attached hydrogens (primary N) is 1. The van der Waals surface area contributed by atoms with Gasteiger partial charge < -0.3 is 10.6 Å². The maximum atomic E-state index is 10.7. The molecule has 4 nitrogen and oxygen atoms in total. The van der Waals surface area contributed by atoms with Gasteiger partial charge in [0.1, 0.15) is 0 Å². The van der Waals surface area contributed by atoms with Crippen molar-refractivity contribution in [3.63, 3.8) is 0 Å². The number of hydroxylamine groups is 1. The molecule has 3 N–H and O–H groups in total. The van der Waals surface area contributed by atoms with Crippen LogP contribution in [-0.4, -0.2) is 12.5 Å². The molecule has 0 aliphatic carbocycles. The number of carbonyl (C=O) groups excluding carboxylic acids is 1. The van der Waals surface area contributed by atoms with Crippen LogP contribution in [-0.2, 0) is 11.4 Å². The van der Waals surface area contributed by atoms with E-state index in [-0.39, 0.29) is 5.91 Å². The van der Waals surface area contributed by atoms with Gasteiger partial charge in [0, 0.05) is 10.3 Å². The zero-order valence-corrected chi connectivity index (χ0v) is 8.19. The zero-order valence-electron chi connectivity index (χ0n) is 7.37. The second kappa shape index (κ2) is 4.96. The molecule has 72 valence electrons. The molecule has 1 aromatic rings. The Morgan fingerprint density at radius 1 is 1.77 bits per heavy atom. The average Bonchev–Trinajstić information content (AvgIpc) is 2.53. The van der Waals surface area contributed by atoms with E-state index in [0.29, 0.717) is 18.7 Å². The molecule has 1 amide bonds. The summed E-state index contributed by atoms with van der Waals surface area (Å²) in [5, 5.41) is 1.74. The Morgan fingerprint density at radius 2 is 2.54 bits per heavy atom. The summed E-state index contributed by atoms with van der Waals surface area (Å²) < 4.78 is 0. The summed E-state index contributed by atoms with van der Waals surface area (Å²) in [6.07, 6.45) is 0. The average molecular weight is 200 g/mol. The summed E-state index contributed by atoms with van der Waals surface area (Å²) in [7, 11) is 0. The van der Waals surface area contributed by atoms with Crippen molar-refractivity contribution in [1.29, 1.82) is 0 Å². The molecule has 0 bridgehead atoms. The monoisotopic (exact) mass is 200 g/mol. The van der Waals surface area contributed by atoms with E-state index in [0.717, 1.165) is 4.88 Å². The molecular formula is C8H12N2O2S. The molecule has 0 spiro atoms. The molecule has 5 heteroatoms. The molecule has 1 rings (SSSR count). The van der Waals surface area contributed by atoms with Crippen LogP contribution in [0.3, 0.4) is 0 Å². The lowest BCUT2D eigenvalue weighted by Gasteiger charge is -1.99. The van der Waals surface area contributed by atoms with Gasteiger partial charge in [0.25, 0.3) is 0 Å². The first-order valence-electron chi connectivity index (χ1n) is 3.96. The number of hydrogen-bond donors (Lipinski definition) is 2. The Hall–Kier alpha value is -0.910. The van der Waals surface area contributed by atoms with Gasteiger partial charge in [-0.2, -0.15) is 5.48 Å². The SMILES string of the molecule is CCONCc1cc(C(N)=O)cs1. The van der Waals surface area contributed by atoms with Gasteiger partial charge in [0.15, 0.2) is 0 Å². The van der Waals surface area contributed by atoms with Crippen LogP contribution in [0.4, 0.5) is 0 Å². The van der Waals surface area contributed by atoms with E-state index in [4.69, 9.17) is 10.6 Å². The third kappa shape index (κ3) is 3.14. The number of primary amides is 1. The van der Waals surface area contributed by atoms with E-state index in [1.54, 1.807) is 11.4 Å². The van der Waals surface area contributed by atoms with Crippen molar-refractivity contribution in [1.82, 2.24) is 5.48 Å². The Balaban J connectivity index is 2.44. The first kappa shape index (κ1) is 10.2. The van der Waals surface area contributed by atoms with Crippen molar-refractivity contribution in [2.24, 2.45) is 5.73 Å². The summed E-state index contributed by atoms with van der Waals surface area (Å²) in [6.45, 7) is 3.12. The molecule has 0 aliphatic heterocycles. The van der Waals surface area contributed by atoms with Gasteiger partial charge in [-0.1, -0.05) is 0 Å². The van der Waals surface area contributed by atoms with Crippen molar-refractivity contribution >= 4 is 17.2 Å². The largest absolute Gasteiger partial charge is 0.366 e. The van der Waals surface area contributed by atoms with Crippen molar-refractivity contribution in [2.75, 3.05) is 6.61 Å². The Bertz CT molecular complexity index is 285. The minimum atomic E-state index is -0.390. The van der Waals surface area contributed by atoms with Crippen molar-refractivity contribution in [2.45, 2.75) is 13.5 Å². The van der Waals surface area contributed by atoms with E-state index in [1.807, 2.05) is 6.92 Å². The van der Waals surface area contributed by atoms with E-state index in [1.165, 1.54) is 11.3 Å². The van der Waals surface area contributed by atoms with Gasteiger partial charge in [-0.05, 0) is 13.0 Å². The molecule has 13 heavy (non-hydrogen) atoms. The smallest absolute Gasteiger partial charge is 0.249 e. The highest BCUT2D eigenvalue weighted by Gasteiger charge is 2.03. The standard InChI is InChI=1S/C8H12N2O2S/c1-2-12-10-4-7-3-6(5-13-7)8(9)11/h3,5,10H,2,4H2,1H3,(H2,9,11). The van der Waals surface area contributed by atoms with Crippen molar-refractivity contribution in [3.05, 3.63) is 21.9 Å². The molecule has 0 aliphatic rings. The minimum absolute atomic E-state index is 0.390. The molecule has 0 radical (unpaired) electrons. The van der Waals surface area contributed by atoms with Crippen LogP contribution in [0.2, 0.25) is 0 Å². The predicted molar refractivity (Wildman–Crippen MR) is 51.3 cm³/mol. The fourth-order valence-electron chi connectivity index (χ4n) is 0.827. The highest BCUT2D eigenvalue weighted by molar-refractivity contribution is 7.10. The van der Waals surface area contributed by atoms with Gasteiger partial charge in [0.2, 0.25) is 5.91 Å². The predicted octanol–water partition coefficient (Wildman–Crippen LogP) is 0.888. The Kier molecular flexibility index (Phi) is 3.88. The highest BCUT2D eigenvalue weighted by Crippen LogP contribution is 2.13. The van der Waals surface area contributed by atoms with E-state index >= 15 is 0 Å². The molecular weight excluding hydrogens is 188 g/mol. The summed E-state index contributed by atoms with van der Waals surface area (Å²) in [4.78, 5) is 16.7. The van der Waals surface area contributed by atoms with E-state index in [9.17, 15) is 4.79 Å². The molecule has 0 saturated carbocycles. The maximum absolute atomic E-state index is 10.7. The second-order valence-electron chi connectivity index (χ2n) is 2.42. The lowest BCUT2D eigenvalue weighted by molar-refractivity contribution is 0.0469. The summed E-state index contributed by atoms with van der Waals surface area (Å²) >= 11 is 1.48. The van der Waals surface area contributed by atoms with Crippen LogP contribution in [0.15, 0.2) is 11.4 Å². The van der Waals surface area contributed by atoms with Crippen LogP contribution >= 0.6 is 11.3 Å². The van der Waals surface area contributed by atoms with Crippen LogP contribution in [0.5, 0.6) is 0 Å². The van der Waals surface area contributed by atoms with Crippen LogP contribution < -0.4 is 11.2 Å². The van der Waals surface area contributed by atoms with E-state index < -0.39 is 0 Å². The number of thiophene rings is 1. The topological polar surface area (TPSA) is 64.3 Å². The fraction of sp³-hybridized carbons (Fsp3) is 0.375. The highest BCUT2D eigenvalue weighted by atomic mass is 32.1. The third-order valence-electron chi connectivity index (χ3n) is 1.43. The van der Waals surface area contributed by atoms with Gasteiger partial charge in [-0.3, -0.25) is 4.79 Å². The van der Waals surface area contributed by atoms with Gasteiger partial charge in [0.05, 0.1) is 18.7 Å². The molecule has 1 heterocycles.